The predicted molar refractivity (Wildman–Crippen MR) is 46.2 cm³/mol. The van der Waals surface area contributed by atoms with E-state index in [0.29, 0.717) is 11.5 Å². The first-order valence-electron chi connectivity index (χ1n) is 4.13. The molecule has 1 saturated carbocycles. The Bertz CT molecular complexity index is 148. The van der Waals surface area contributed by atoms with Crippen LogP contribution in [0.5, 0.6) is 0 Å². The van der Waals surface area contributed by atoms with Gasteiger partial charge in [0.2, 0.25) is 0 Å². The summed E-state index contributed by atoms with van der Waals surface area (Å²) in [6.07, 6.45) is 4.08. The van der Waals surface area contributed by atoms with E-state index in [-0.39, 0.29) is 0 Å². The van der Waals surface area contributed by atoms with Crippen molar-refractivity contribution in [1.82, 2.24) is 0 Å². The first-order valence-corrected chi connectivity index (χ1v) is 5.18. The summed E-state index contributed by atoms with van der Waals surface area (Å²) in [6, 6.07) is 0.537. The van der Waals surface area contributed by atoms with E-state index in [2.05, 4.69) is 18.7 Å². The van der Waals surface area contributed by atoms with E-state index in [9.17, 15) is 0 Å². The van der Waals surface area contributed by atoms with E-state index >= 15 is 0 Å². The van der Waals surface area contributed by atoms with Crippen molar-refractivity contribution in [3.05, 3.63) is 0 Å². The minimum absolute atomic E-state index is 0.537. The van der Waals surface area contributed by atoms with Crippen molar-refractivity contribution in [3.63, 3.8) is 0 Å². The van der Waals surface area contributed by atoms with Crippen LogP contribution in [-0.2, 0) is 0 Å². The standard InChI is InChI=1S/C8H15NS/c1-6-8(5-7(8)9)3-2-4-10-6/h6-7H,2-5,9H2,1H3. The topological polar surface area (TPSA) is 26.0 Å². The van der Waals surface area contributed by atoms with Gasteiger partial charge >= 0.3 is 0 Å². The van der Waals surface area contributed by atoms with Crippen molar-refractivity contribution in [2.24, 2.45) is 11.1 Å². The Morgan fingerprint density at radius 1 is 1.60 bits per heavy atom. The van der Waals surface area contributed by atoms with Crippen LogP contribution in [0.1, 0.15) is 26.2 Å². The largest absolute Gasteiger partial charge is 0.327 e. The van der Waals surface area contributed by atoms with Crippen LogP contribution in [0.2, 0.25) is 0 Å². The van der Waals surface area contributed by atoms with Crippen LogP contribution in [0.4, 0.5) is 0 Å². The smallest absolute Gasteiger partial charge is 0.0113 e. The lowest BCUT2D eigenvalue weighted by molar-refractivity contribution is 0.427. The average molecular weight is 157 g/mol. The molecule has 0 bridgehead atoms. The van der Waals surface area contributed by atoms with Crippen molar-refractivity contribution in [2.45, 2.75) is 37.5 Å². The highest BCUT2D eigenvalue weighted by atomic mass is 32.2. The molecule has 10 heavy (non-hydrogen) atoms. The second kappa shape index (κ2) is 2.15. The zero-order valence-electron chi connectivity index (χ0n) is 6.47. The maximum absolute atomic E-state index is 5.91. The molecule has 1 spiro atoms. The molecule has 2 heteroatoms. The summed E-state index contributed by atoms with van der Waals surface area (Å²) in [5.41, 5.74) is 6.50. The van der Waals surface area contributed by atoms with Gasteiger partial charge in [0.05, 0.1) is 0 Å². The minimum Gasteiger partial charge on any atom is -0.327 e. The van der Waals surface area contributed by atoms with Crippen molar-refractivity contribution in [1.29, 1.82) is 0 Å². The normalized spacial score (nSPS) is 53.4. The molecular weight excluding hydrogens is 142 g/mol. The highest BCUT2D eigenvalue weighted by Gasteiger charge is 2.56. The number of thioether (sulfide) groups is 1. The third-order valence-electron chi connectivity index (χ3n) is 3.14. The Hall–Kier alpha value is 0.310. The molecule has 0 aromatic rings. The van der Waals surface area contributed by atoms with E-state index in [1.807, 2.05) is 0 Å². The lowest BCUT2D eigenvalue weighted by Gasteiger charge is -2.28. The van der Waals surface area contributed by atoms with E-state index in [1.54, 1.807) is 0 Å². The van der Waals surface area contributed by atoms with Gasteiger partial charge in [-0.2, -0.15) is 11.8 Å². The predicted octanol–water partition coefficient (Wildman–Crippen LogP) is 1.62. The second-order valence-electron chi connectivity index (χ2n) is 3.66. The van der Waals surface area contributed by atoms with Crippen molar-refractivity contribution < 1.29 is 0 Å². The maximum atomic E-state index is 5.91. The number of hydrogen-bond acceptors (Lipinski definition) is 2. The van der Waals surface area contributed by atoms with Crippen LogP contribution in [0.15, 0.2) is 0 Å². The van der Waals surface area contributed by atoms with Crippen molar-refractivity contribution in [3.8, 4) is 0 Å². The summed E-state index contributed by atoms with van der Waals surface area (Å²) in [5.74, 6) is 1.36. The number of rotatable bonds is 0. The summed E-state index contributed by atoms with van der Waals surface area (Å²) >= 11 is 2.11. The highest BCUT2D eigenvalue weighted by Crippen LogP contribution is 2.57. The zero-order valence-corrected chi connectivity index (χ0v) is 7.29. The highest BCUT2D eigenvalue weighted by molar-refractivity contribution is 7.99. The van der Waals surface area contributed by atoms with Crippen LogP contribution in [0.25, 0.3) is 0 Å². The van der Waals surface area contributed by atoms with Gasteiger partial charge in [0.1, 0.15) is 0 Å². The molecule has 2 aliphatic rings. The minimum atomic E-state index is 0.537. The van der Waals surface area contributed by atoms with Crippen LogP contribution in [-0.4, -0.2) is 17.0 Å². The lowest BCUT2D eigenvalue weighted by atomic mass is 9.95. The van der Waals surface area contributed by atoms with Crippen molar-refractivity contribution >= 4 is 11.8 Å². The van der Waals surface area contributed by atoms with Gasteiger partial charge in [-0.15, -0.1) is 0 Å². The van der Waals surface area contributed by atoms with Gasteiger partial charge in [-0.05, 0) is 30.4 Å². The molecule has 0 radical (unpaired) electrons. The Morgan fingerprint density at radius 2 is 2.30 bits per heavy atom. The fraction of sp³-hybridized carbons (Fsp3) is 1.00. The van der Waals surface area contributed by atoms with Crippen molar-refractivity contribution in [2.75, 3.05) is 5.75 Å². The average Bonchev–Trinajstić information content (AvgIpc) is 2.53. The molecule has 1 nitrogen and oxygen atoms in total. The molecule has 1 aliphatic carbocycles. The Labute approximate surface area is 66.7 Å². The zero-order chi connectivity index (χ0) is 7.19. The van der Waals surface area contributed by atoms with Gasteiger partial charge in [-0.3, -0.25) is 0 Å². The molecule has 3 atom stereocenters. The van der Waals surface area contributed by atoms with E-state index in [0.717, 1.165) is 5.25 Å². The summed E-state index contributed by atoms with van der Waals surface area (Å²) in [7, 11) is 0. The Morgan fingerprint density at radius 3 is 2.70 bits per heavy atom. The van der Waals surface area contributed by atoms with E-state index in [4.69, 9.17) is 5.73 Å². The molecule has 2 N–H and O–H groups in total. The molecule has 3 unspecified atom stereocenters. The second-order valence-corrected chi connectivity index (χ2v) is 5.11. The summed E-state index contributed by atoms with van der Waals surface area (Å²) in [5, 5.41) is 0.830. The summed E-state index contributed by atoms with van der Waals surface area (Å²) < 4.78 is 0. The molecule has 1 saturated heterocycles. The quantitative estimate of drug-likeness (QED) is 0.578. The first kappa shape index (κ1) is 6.99. The summed E-state index contributed by atoms with van der Waals surface area (Å²) in [4.78, 5) is 0. The van der Waals surface area contributed by atoms with E-state index < -0.39 is 0 Å². The maximum Gasteiger partial charge on any atom is 0.0113 e. The van der Waals surface area contributed by atoms with Crippen LogP contribution < -0.4 is 5.73 Å². The van der Waals surface area contributed by atoms with Gasteiger partial charge < -0.3 is 5.73 Å². The molecule has 0 amide bonds. The van der Waals surface area contributed by atoms with Gasteiger partial charge in [0.15, 0.2) is 0 Å². The van der Waals surface area contributed by atoms with Crippen LogP contribution in [0, 0.1) is 5.41 Å². The monoisotopic (exact) mass is 157 g/mol. The molecule has 1 aliphatic heterocycles. The molecule has 2 fully saturated rings. The number of nitrogens with two attached hydrogens (primary N) is 1. The van der Waals surface area contributed by atoms with E-state index in [1.165, 1.54) is 25.0 Å². The van der Waals surface area contributed by atoms with Crippen LogP contribution in [0.3, 0.4) is 0 Å². The third kappa shape index (κ3) is 0.817. The molecule has 0 aromatic carbocycles. The van der Waals surface area contributed by atoms with Gasteiger partial charge in [0, 0.05) is 11.3 Å². The van der Waals surface area contributed by atoms with Gasteiger partial charge in [0.25, 0.3) is 0 Å². The number of hydrogen-bond donors (Lipinski definition) is 1. The van der Waals surface area contributed by atoms with Crippen LogP contribution >= 0.6 is 11.8 Å². The molecule has 0 aromatic heterocycles. The SMILES string of the molecule is CC1SCCCC12CC2N. The van der Waals surface area contributed by atoms with Gasteiger partial charge in [-0.25, -0.2) is 0 Å². The summed E-state index contributed by atoms with van der Waals surface area (Å²) in [6.45, 7) is 2.34. The molecular formula is C8H15NS. The molecule has 2 rings (SSSR count). The lowest BCUT2D eigenvalue weighted by Crippen LogP contribution is -2.27. The third-order valence-corrected chi connectivity index (χ3v) is 4.64. The fourth-order valence-corrected chi connectivity index (χ4v) is 3.52. The fourth-order valence-electron chi connectivity index (χ4n) is 2.14. The molecule has 1 heterocycles. The Balaban J connectivity index is 2.06. The van der Waals surface area contributed by atoms with Gasteiger partial charge in [-0.1, -0.05) is 6.92 Å². The Kier molecular flexibility index (Phi) is 1.50. The molecule has 58 valence electrons. The first-order chi connectivity index (χ1) is 4.76.